The van der Waals surface area contributed by atoms with Crippen molar-refractivity contribution < 1.29 is 23.9 Å². The van der Waals surface area contributed by atoms with Gasteiger partial charge < -0.3 is 14.8 Å². The summed E-state index contributed by atoms with van der Waals surface area (Å²) in [5, 5.41) is 11.8. The van der Waals surface area contributed by atoms with Crippen molar-refractivity contribution in [3.05, 3.63) is 46.9 Å². The van der Waals surface area contributed by atoms with Gasteiger partial charge in [0.25, 0.3) is 11.8 Å². The first-order chi connectivity index (χ1) is 14.9. The summed E-state index contributed by atoms with van der Waals surface area (Å²) in [5.41, 5.74) is 0.898. The Balaban J connectivity index is 1.48. The van der Waals surface area contributed by atoms with Crippen LogP contribution in [0.4, 0.5) is 11.4 Å². The molecule has 1 saturated heterocycles. The van der Waals surface area contributed by atoms with E-state index in [4.69, 9.17) is 9.47 Å². The SMILES string of the molecule is COc1cc(NC(=O)CN2N=N[C@H]3C(=O)N(c4ccc(Br)cc4)C(=O)[C@@H]32)cc(OC)c1. The molecule has 0 spiro atoms. The van der Waals surface area contributed by atoms with Crippen molar-refractivity contribution in [1.82, 2.24) is 5.01 Å². The van der Waals surface area contributed by atoms with Crippen LogP contribution < -0.4 is 19.7 Å². The van der Waals surface area contributed by atoms with Crippen LogP contribution in [0.2, 0.25) is 0 Å². The van der Waals surface area contributed by atoms with Crippen molar-refractivity contribution in [1.29, 1.82) is 0 Å². The minimum atomic E-state index is -0.971. The second-order valence-corrected chi connectivity index (χ2v) is 7.75. The van der Waals surface area contributed by atoms with Crippen LogP contribution in [0, 0.1) is 0 Å². The summed E-state index contributed by atoms with van der Waals surface area (Å²) >= 11 is 3.32. The lowest BCUT2D eigenvalue weighted by atomic mass is 10.1. The van der Waals surface area contributed by atoms with Crippen molar-refractivity contribution in [2.45, 2.75) is 12.1 Å². The summed E-state index contributed by atoms with van der Waals surface area (Å²) < 4.78 is 11.2. The van der Waals surface area contributed by atoms with Crippen molar-refractivity contribution in [3.63, 3.8) is 0 Å². The van der Waals surface area contributed by atoms with Gasteiger partial charge in [-0.15, -0.1) is 0 Å². The number of hydrogen-bond donors (Lipinski definition) is 1. The van der Waals surface area contributed by atoms with Crippen LogP contribution in [0.3, 0.4) is 0 Å². The quantitative estimate of drug-likeness (QED) is 0.625. The van der Waals surface area contributed by atoms with E-state index in [9.17, 15) is 14.4 Å². The molecule has 10 nitrogen and oxygen atoms in total. The molecule has 0 saturated carbocycles. The summed E-state index contributed by atoms with van der Waals surface area (Å²) in [6.07, 6.45) is 0. The maximum absolute atomic E-state index is 13.0. The van der Waals surface area contributed by atoms with E-state index in [1.807, 2.05) is 0 Å². The van der Waals surface area contributed by atoms with Gasteiger partial charge in [0.2, 0.25) is 5.91 Å². The highest BCUT2D eigenvalue weighted by Gasteiger charge is 2.55. The largest absolute Gasteiger partial charge is 0.497 e. The molecule has 1 fully saturated rings. The molecule has 2 aliphatic rings. The van der Waals surface area contributed by atoms with Crippen LogP contribution in [0.25, 0.3) is 0 Å². The first-order valence-corrected chi connectivity index (χ1v) is 10.0. The van der Waals surface area contributed by atoms with Gasteiger partial charge in [-0.3, -0.25) is 19.4 Å². The van der Waals surface area contributed by atoms with Crippen LogP contribution in [0.1, 0.15) is 0 Å². The summed E-state index contributed by atoms with van der Waals surface area (Å²) in [5.74, 6) is -0.355. The molecule has 0 aliphatic carbocycles. The third-order valence-electron chi connectivity index (χ3n) is 4.88. The zero-order valence-corrected chi connectivity index (χ0v) is 18.2. The molecule has 0 aromatic heterocycles. The van der Waals surface area contributed by atoms with Gasteiger partial charge in [0.1, 0.15) is 18.0 Å². The molecular formula is C20H18BrN5O5. The molecule has 0 unspecified atom stereocenters. The highest BCUT2D eigenvalue weighted by Crippen LogP contribution is 2.32. The third kappa shape index (κ3) is 3.96. The number of nitrogens with one attached hydrogen (secondary N) is 1. The number of amides is 3. The number of rotatable bonds is 6. The van der Waals surface area contributed by atoms with E-state index in [2.05, 4.69) is 31.6 Å². The Kier molecular flexibility index (Phi) is 5.59. The van der Waals surface area contributed by atoms with Crippen molar-refractivity contribution >= 4 is 45.0 Å². The molecule has 2 aromatic carbocycles. The van der Waals surface area contributed by atoms with Crippen molar-refractivity contribution in [2.75, 3.05) is 31.0 Å². The maximum atomic E-state index is 13.0. The number of anilines is 2. The van der Waals surface area contributed by atoms with Gasteiger partial charge in [-0.2, -0.15) is 5.11 Å². The molecule has 2 aromatic rings. The average Bonchev–Trinajstić information content (AvgIpc) is 3.28. The summed E-state index contributed by atoms with van der Waals surface area (Å²) in [7, 11) is 3.01. The second kappa shape index (κ2) is 8.34. The normalized spacial score (nSPS) is 19.6. The summed E-state index contributed by atoms with van der Waals surface area (Å²) in [4.78, 5) is 39.4. The van der Waals surface area contributed by atoms with Crippen LogP contribution in [0.5, 0.6) is 11.5 Å². The Hall–Kier alpha value is -3.47. The van der Waals surface area contributed by atoms with E-state index in [0.717, 1.165) is 9.37 Å². The van der Waals surface area contributed by atoms with Crippen LogP contribution in [-0.2, 0) is 14.4 Å². The van der Waals surface area contributed by atoms with E-state index in [0.29, 0.717) is 22.9 Å². The number of halogens is 1. The highest BCUT2D eigenvalue weighted by molar-refractivity contribution is 9.10. The van der Waals surface area contributed by atoms with Crippen LogP contribution in [0.15, 0.2) is 57.3 Å². The zero-order chi connectivity index (χ0) is 22.1. The smallest absolute Gasteiger partial charge is 0.263 e. The Labute approximate surface area is 185 Å². The standard InChI is InChI=1S/C20H18BrN5O5/c1-30-14-7-12(8-15(9-14)31-2)22-16(27)10-25-18-17(23-24-25)19(28)26(20(18)29)13-5-3-11(21)4-6-13/h3-9,17-18H,10H2,1-2H3,(H,22,27)/t17-,18-/m1/s1. The lowest BCUT2D eigenvalue weighted by Crippen LogP contribution is -2.43. The van der Waals surface area contributed by atoms with E-state index < -0.39 is 29.8 Å². The third-order valence-corrected chi connectivity index (χ3v) is 5.41. The molecule has 3 amide bonds. The first-order valence-electron chi connectivity index (χ1n) is 9.25. The Morgan fingerprint density at radius 3 is 2.32 bits per heavy atom. The lowest BCUT2D eigenvalue weighted by Gasteiger charge is -2.20. The number of fused-ring (bicyclic) bond motifs is 1. The maximum Gasteiger partial charge on any atom is 0.263 e. The Bertz CT molecular complexity index is 1050. The van der Waals surface area contributed by atoms with Gasteiger partial charge in [-0.25, -0.2) is 4.90 Å². The van der Waals surface area contributed by atoms with Crippen LogP contribution >= 0.6 is 15.9 Å². The fourth-order valence-corrected chi connectivity index (χ4v) is 3.69. The highest BCUT2D eigenvalue weighted by atomic mass is 79.9. The predicted molar refractivity (Wildman–Crippen MR) is 114 cm³/mol. The molecule has 2 aliphatic heterocycles. The number of carbonyl (C=O) groups excluding carboxylic acids is 3. The monoisotopic (exact) mass is 487 g/mol. The van der Waals surface area contributed by atoms with E-state index >= 15 is 0 Å². The molecule has 2 atom stereocenters. The molecule has 11 heteroatoms. The van der Waals surface area contributed by atoms with E-state index in [1.54, 1.807) is 42.5 Å². The topological polar surface area (TPSA) is 113 Å². The Morgan fingerprint density at radius 1 is 1.06 bits per heavy atom. The van der Waals surface area contributed by atoms with Crippen LogP contribution in [-0.4, -0.2) is 55.6 Å². The minimum absolute atomic E-state index is 0.253. The molecule has 4 rings (SSSR count). The lowest BCUT2D eigenvalue weighted by molar-refractivity contribution is -0.123. The number of benzene rings is 2. The summed E-state index contributed by atoms with van der Waals surface area (Å²) in [6.45, 7) is -0.253. The van der Waals surface area contributed by atoms with Crippen molar-refractivity contribution in [3.8, 4) is 11.5 Å². The number of carbonyl (C=O) groups is 3. The predicted octanol–water partition coefficient (Wildman–Crippen LogP) is 2.40. The zero-order valence-electron chi connectivity index (χ0n) is 16.6. The second-order valence-electron chi connectivity index (χ2n) is 6.83. The molecule has 160 valence electrons. The van der Waals surface area contributed by atoms with Gasteiger partial charge in [-0.05, 0) is 24.3 Å². The van der Waals surface area contributed by atoms with Gasteiger partial charge in [0.15, 0.2) is 12.1 Å². The number of imide groups is 1. The van der Waals surface area contributed by atoms with Gasteiger partial charge in [0.05, 0.1) is 19.9 Å². The number of ether oxygens (including phenoxy) is 2. The van der Waals surface area contributed by atoms with E-state index in [1.165, 1.54) is 19.2 Å². The summed E-state index contributed by atoms with van der Waals surface area (Å²) in [6, 6.07) is 9.80. The number of hydrogen-bond acceptors (Lipinski definition) is 8. The molecular weight excluding hydrogens is 470 g/mol. The van der Waals surface area contributed by atoms with Gasteiger partial charge >= 0.3 is 0 Å². The van der Waals surface area contributed by atoms with Crippen molar-refractivity contribution in [2.24, 2.45) is 10.3 Å². The Morgan fingerprint density at radius 2 is 1.71 bits per heavy atom. The molecule has 1 N–H and O–H groups in total. The fraction of sp³-hybridized carbons (Fsp3) is 0.250. The number of methoxy groups -OCH3 is 2. The van der Waals surface area contributed by atoms with Gasteiger partial charge in [0, 0.05) is 28.4 Å². The van der Waals surface area contributed by atoms with E-state index in [-0.39, 0.29) is 6.54 Å². The molecule has 31 heavy (non-hydrogen) atoms. The molecule has 2 heterocycles. The average molecular weight is 488 g/mol. The molecule has 0 bridgehead atoms. The number of nitrogens with zero attached hydrogens (tertiary/aromatic N) is 4. The molecule has 0 radical (unpaired) electrons. The fourth-order valence-electron chi connectivity index (χ4n) is 3.43. The minimum Gasteiger partial charge on any atom is -0.497 e. The van der Waals surface area contributed by atoms with Gasteiger partial charge in [-0.1, -0.05) is 21.2 Å². The first kappa shape index (κ1) is 20.8.